The summed E-state index contributed by atoms with van der Waals surface area (Å²) in [6.07, 6.45) is 3.26. The summed E-state index contributed by atoms with van der Waals surface area (Å²) in [4.78, 5) is 11.8. The third-order valence-corrected chi connectivity index (χ3v) is 4.19. The lowest BCUT2D eigenvalue weighted by molar-refractivity contribution is -0.122. The molecule has 1 aromatic rings. The van der Waals surface area contributed by atoms with Crippen molar-refractivity contribution in [1.29, 1.82) is 0 Å². The maximum atomic E-state index is 11.8. The van der Waals surface area contributed by atoms with E-state index in [-0.39, 0.29) is 11.9 Å². The minimum atomic E-state index is 0.0736. The molecule has 1 fully saturated rings. The van der Waals surface area contributed by atoms with Crippen molar-refractivity contribution in [2.24, 2.45) is 0 Å². The Hall–Kier alpha value is -0.970. The van der Waals surface area contributed by atoms with Gasteiger partial charge in [0.25, 0.3) is 0 Å². The zero-order valence-corrected chi connectivity index (χ0v) is 13.3. The van der Waals surface area contributed by atoms with E-state index in [9.17, 15) is 4.79 Å². The summed E-state index contributed by atoms with van der Waals surface area (Å²) in [5.74, 6) is 0.630. The number of carbonyl (C=O) groups excluding carboxylic acids is 1. The van der Waals surface area contributed by atoms with Crippen LogP contribution in [-0.4, -0.2) is 31.6 Å². The fraction of sp³-hybridized carbons (Fsp3) is 0.533. The van der Waals surface area contributed by atoms with Crippen molar-refractivity contribution < 1.29 is 9.53 Å². The summed E-state index contributed by atoms with van der Waals surface area (Å²) >= 11 is 11.9. The molecule has 1 heterocycles. The summed E-state index contributed by atoms with van der Waals surface area (Å²) in [6.45, 7) is 2.34. The molecule has 0 aliphatic carbocycles. The number of amides is 1. The lowest BCUT2D eigenvalue weighted by atomic mass is 10.1. The van der Waals surface area contributed by atoms with Gasteiger partial charge >= 0.3 is 0 Å². The smallest absolute Gasteiger partial charge is 0.220 e. The molecule has 6 heteroatoms. The summed E-state index contributed by atoms with van der Waals surface area (Å²) in [5.41, 5.74) is 0. The van der Waals surface area contributed by atoms with E-state index in [4.69, 9.17) is 27.9 Å². The van der Waals surface area contributed by atoms with Gasteiger partial charge in [-0.15, -0.1) is 0 Å². The summed E-state index contributed by atoms with van der Waals surface area (Å²) < 4.78 is 5.55. The Balaban J connectivity index is 1.65. The molecule has 21 heavy (non-hydrogen) atoms. The van der Waals surface area contributed by atoms with Crippen LogP contribution in [0.1, 0.15) is 25.7 Å². The van der Waals surface area contributed by atoms with Crippen molar-refractivity contribution in [3.63, 3.8) is 0 Å². The van der Waals surface area contributed by atoms with Crippen molar-refractivity contribution >= 4 is 29.1 Å². The van der Waals surface area contributed by atoms with Gasteiger partial charge in [-0.05, 0) is 37.9 Å². The second-order valence-electron chi connectivity index (χ2n) is 5.11. The average Bonchev–Trinajstić information content (AvgIpc) is 2.49. The maximum absolute atomic E-state index is 11.8. The minimum Gasteiger partial charge on any atom is -0.492 e. The van der Waals surface area contributed by atoms with Crippen LogP contribution in [0.4, 0.5) is 0 Å². The molecular formula is C15H20Cl2N2O2. The van der Waals surface area contributed by atoms with Gasteiger partial charge in [-0.1, -0.05) is 29.3 Å². The van der Waals surface area contributed by atoms with E-state index >= 15 is 0 Å². The van der Waals surface area contributed by atoms with E-state index in [1.54, 1.807) is 18.2 Å². The summed E-state index contributed by atoms with van der Waals surface area (Å²) in [6, 6.07) is 5.52. The molecule has 1 aliphatic heterocycles. The van der Waals surface area contributed by atoms with Crippen LogP contribution in [0, 0.1) is 0 Å². The summed E-state index contributed by atoms with van der Waals surface area (Å²) in [5, 5.41) is 7.19. The highest BCUT2D eigenvalue weighted by atomic mass is 35.5. The average molecular weight is 331 g/mol. The molecule has 1 aliphatic rings. The molecule has 0 aromatic heterocycles. The van der Waals surface area contributed by atoms with Crippen LogP contribution in [0.2, 0.25) is 10.0 Å². The first-order chi connectivity index (χ1) is 10.2. The Labute approximate surface area is 135 Å². The molecule has 116 valence electrons. The van der Waals surface area contributed by atoms with Crippen molar-refractivity contribution in [1.82, 2.24) is 10.6 Å². The van der Waals surface area contributed by atoms with Gasteiger partial charge in [-0.3, -0.25) is 4.79 Å². The number of benzene rings is 1. The maximum Gasteiger partial charge on any atom is 0.220 e. The Bertz CT molecular complexity index is 477. The predicted octanol–water partition coefficient (Wildman–Crippen LogP) is 3.02. The van der Waals surface area contributed by atoms with Gasteiger partial charge in [0.2, 0.25) is 5.91 Å². The van der Waals surface area contributed by atoms with Crippen LogP contribution >= 0.6 is 23.2 Å². The monoisotopic (exact) mass is 330 g/mol. The van der Waals surface area contributed by atoms with Gasteiger partial charge in [-0.25, -0.2) is 0 Å². The highest BCUT2D eigenvalue weighted by Crippen LogP contribution is 2.31. The normalized spacial score (nSPS) is 18.3. The lowest BCUT2D eigenvalue weighted by Gasteiger charge is -2.23. The standard InChI is InChI=1S/C15H20Cl2N2O2/c16-12-5-1-6-13(15(12)17)21-9-3-7-14(20)19-11-4-2-8-18-10-11/h1,5-6,11,18H,2-4,7-10H2,(H,19,20). The minimum absolute atomic E-state index is 0.0736. The second kappa shape index (κ2) is 8.47. The molecule has 2 rings (SSSR count). The molecule has 1 saturated heterocycles. The molecule has 2 N–H and O–H groups in total. The number of halogens is 2. The van der Waals surface area contributed by atoms with E-state index in [1.807, 2.05) is 0 Å². The fourth-order valence-electron chi connectivity index (χ4n) is 2.29. The van der Waals surface area contributed by atoms with Crippen LogP contribution in [-0.2, 0) is 4.79 Å². The predicted molar refractivity (Wildman–Crippen MR) is 85.2 cm³/mol. The molecule has 1 aromatic carbocycles. The zero-order chi connectivity index (χ0) is 15.1. The van der Waals surface area contributed by atoms with Gasteiger partial charge < -0.3 is 15.4 Å². The Kier molecular flexibility index (Phi) is 6.61. The number of hydrogen-bond donors (Lipinski definition) is 2. The van der Waals surface area contributed by atoms with Gasteiger partial charge in [0.1, 0.15) is 10.8 Å². The van der Waals surface area contributed by atoms with Crippen LogP contribution in [0.25, 0.3) is 0 Å². The molecule has 0 spiro atoms. The number of ether oxygens (including phenoxy) is 1. The molecule has 0 bridgehead atoms. The number of piperidine rings is 1. The summed E-state index contributed by atoms with van der Waals surface area (Å²) in [7, 11) is 0. The number of rotatable bonds is 6. The van der Waals surface area contributed by atoms with Crippen LogP contribution in [0.3, 0.4) is 0 Å². The number of carbonyl (C=O) groups is 1. The zero-order valence-electron chi connectivity index (χ0n) is 11.8. The molecule has 0 saturated carbocycles. The second-order valence-corrected chi connectivity index (χ2v) is 5.90. The molecule has 0 radical (unpaired) electrons. The van der Waals surface area contributed by atoms with E-state index < -0.39 is 0 Å². The van der Waals surface area contributed by atoms with Crippen molar-refractivity contribution in [2.45, 2.75) is 31.7 Å². The molecule has 4 nitrogen and oxygen atoms in total. The highest BCUT2D eigenvalue weighted by molar-refractivity contribution is 6.42. The topological polar surface area (TPSA) is 50.4 Å². The lowest BCUT2D eigenvalue weighted by Crippen LogP contribution is -2.45. The highest BCUT2D eigenvalue weighted by Gasteiger charge is 2.14. The number of nitrogens with one attached hydrogen (secondary N) is 2. The molecule has 1 unspecified atom stereocenters. The molecule has 1 atom stereocenters. The van der Waals surface area contributed by atoms with E-state index in [0.29, 0.717) is 35.2 Å². The molecular weight excluding hydrogens is 311 g/mol. The number of hydrogen-bond acceptors (Lipinski definition) is 3. The van der Waals surface area contributed by atoms with Gasteiger partial charge in [0, 0.05) is 19.0 Å². The van der Waals surface area contributed by atoms with Gasteiger partial charge in [0.15, 0.2) is 0 Å². The third-order valence-electron chi connectivity index (χ3n) is 3.38. The SMILES string of the molecule is O=C(CCCOc1cccc(Cl)c1Cl)NC1CCCNC1. The quantitative estimate of drug-likeness (QED) is 0.788. The first-order valence-electron chi connectivity index (χ1n) is 7.23. The Morgan fingerprint density at radius 2 is 2.29 bits per heavy atom. The van der Waals surface area contributed by atoms with Gasteiger partial charge in [-0.2, -0.15) is 0 Å². The van der Waals surface area contributed by atoms with E-state index in [1.165, 1.54) is 0 Å². The third kappa shape index (κ3) is 5.38. The largest absolute Gasteiger partial charge is 0.492 e. The van der Waals surface area contributed by atoms with Crippen molar-refractivity contribution in [3.05, 3.63) is 28.2 Å². The van der Waals surface area contributed by atoms with Crippen LogP contribution in [0.15, 0.2) is 18.2 Å². The van der Waals surface area contributed by atoms with E-state index in [2.05, 4.69) is 10.6 Å². The Morgan fingerprint density at radius 1 is 1.43 bits per heavy atom. The molecule has 1 amide bonds. The first-order valence-corrected chi connectivity index (χ1v) is 7.99. The van der Waals surface area contributed by atoms with Gasteiger partial charge in [0.05, 0.1) is 11.6 Å². The van der Waals surface area contributed by atoms with Crippen molar-refractivity contribution in [3.8, 4) is 5.75 Å². The van der Waals surface area contributed by atoms with E-state index in [0.717, 1.165) is 25.9 Å². The van der Waals surface area contributed by atoms with Crippen LogP contribution < -0.4 is 15.4 Å². The first kappa shape index (κ1) is 16.4. The fourth-order valence-corrected chi connectivity index (χ4v) is 2.63. The Morgan fingerprint density at radius 3 is 3.05 bits per heavy atom. The van der Waals surface area contributed by atoms with Crippen LogP contribution in [0.5, 0.6) is 5.75 Å². The van der Waals surface area contributed by atoms with Crippen molar-refractivity contribution in [2.75, 3.05) is 19.7 Å².